The molecule has 3 fully saturated rings. The Morgan fingerprint density at radius 1 is 1.09 bits per heavy atom. The number of likely N-dealkylation sites (tertiary alicyclic amines) is 2. The SMILES string of the molecule is CC1CCCCN1C(=O)CN1C(C(=O)O)CC2CCCCC21.Cl. The molecule has 6 heteroatoms. The number of piperidine rings is 1. The highest BCUT2D eigenvalue weighted by Gasteiger charge is 2.46. The van der Waals surface area contributed by atoms with E-state index in [9.17, 15) is 14.7 Å². The Morgan fingerprint density at radius 3 is 2.48 bits per heavy atom. The average Bonchev–Trinajstić information content (AvgIpc) is 2.87. The molecule has 0 aromatic rings. The summed E-state index contributed by atoms with van der Waals surface area (Å²) in [7, 11) is 0. The van der Waals surface area contributed by atoms with Gasteiger partial charge >= 0.3 is 5.97 Å². The van der Waals surface area contributed by atoms with E-state index in [1.807, 2.05) is 9.80 Å². The van der Waals surface area contributed by atoms with Crippen LogP contribution in [0.5, 0.6) is 0 Å². The van der Waals surface area contributed by atoms with Crippen molar-refractivity contribution in [2.45, 2.75) is 76.4 Å². The van der Waals surface area contributed by atoms with Crippen molar-refractivity contribution in [3.63, 3.8) is 0 Å². The molecule has 1 saturated carbocycles. The summed E-state index contributed by atoms with van der Waals surface area (Å²) in [6.45, 7) is 3.24. The van der Waals surface area contributed by atoms with Crippen molar-refractivity contribution in [3.8, 4) is 0 Å². The molecular formula is C17H29ClN2O3. The Kier molecular flexibility index (Phi) is 6.32. The molecular weight excluding hydrogens is 316 g/mol. The number of carboxylic acid groups (broad SMARTS) is 1. The minimum atomic E-state index is -0.756. The van der Waals surface area contributed by atoms with Crippen LogP contribution in [0.1, 0.15) is 58.3 Å². The van der Waals surface area contributed by atoms with Gasteiger partial charge in [-0.2, -0.15) is 0 Å². The van der Waals surface area contributed by atoms with Gasteiger partial charge in [-0.1, -0.05) is 12.8 Å². The number of hydrogen-bond acceptors (Lipinski definition) is 3. The summed E-state index contributed by atoms with van der Waals surface area (Å²) >= 11 is 0. The van der Waals surface area contributed by atoms with Crippen LogP contribution in [0.2, 0.25) is 0 Å². The van der Waals surface area contributed by atoms with Crippen molar-refractivity contribution in [1.82, 2.24) is 9.80 Å². The predicted molar refractivity (Wildman–Crippen MR) is 90.8 cm³/mol. The molecule has 5 nitrogen and oxygen atoms in total. The highest BCUT2D eigenvalue weighted by atomic mass is 35.5. The quantitative estimate of drug-likeness (QED) is 0.854. The minimum absolute atomic E-state index is 0. The molecule has 4 atom stereocenters. The number of amides is 1. The fourth-order valence-electron chi connectivity index (χ4n) is 4.74. The van der Waals surface area contributed by atoms with E-state index in [4.69, 9.17) is 0 Å². The summed E-state index contributed by atoms with van der Waals surface area (Å²) in [6, 6.07) is 0.144. The molecule has 1 aliphatic carbocycles. The fraction of sp³-hybridized carbons (Fsp3) is 0.882. The normalized spacial score (nSPS) is 34.6. The lowest BCUT2D eigenvalue weighted by atomic mass is 9.85. The third-order valence-corrected chi connectivity index (χ3v) is 5.95. The third-order valence-electron chi connectivity index (χ3n) is 5.95. The average molecular weight is 345 g/mol. The van der Waals surface area contributed by atoms with Crippen LogP contribution in [0.3, 0.4) is 0 Å². The van der Waals surface area contributed by atoms with Gasteiger partial charge in [0.15, 0.2) is 0 Å². The Hall–Kier alpha value is -0.810. The molecule has 0 radical (unpaired) electrons. The van der Waals surface area contributed by atoms with Crippen LogP contribution in [0.4, 0.5) is 0 Å². The molecule has 4 unspecified atom stereocenters. The maximum atomic E-state index is 12.7. The lowest BCUT2D eigenvalue weighted by Crippen LogP contribution is -2.51. The molecule has 3 rings (SSSR count). The lowest BCUT2D eigenvalue weighted by molar-refractivity contribution is -0.145. The smallest absolute Gasteiger partial charge is 0.320 e. The van der Waals surface area contributed by atoms with Gasteiger partial charge < -0.3 is 10.0 Å². The standard InChI is InChI=1S/C17H28N2O3.ClH/c1-12-6-4-5-9-18(12)16(20)11-19-14-8-3-2-7-13(14)10-15(19)17(21)22;/h12-15H,2-11H2,1H3,(H,21,22);1H. The molecule has 2 saturated heterocycles. The maximum absolute atomic E-state index is 12.7. The van der Waals surface area contributed by atoms with Gasteiger partial charge in [-0.05, 0) is 51.4 Å². The van der Waals surface area contributed by atoms with Gasteiger partial charge in [0.25, 0.3) is 0 Å². The summed E-state index contributed by atoms with van der Waals surface area (Å²) < 4.78 is 0. The van der Waals surface area contributed by atoms with Gasteiger partial charge in [0, 0.05) is 18.6 Å². The Bertz CT molecular complexity index is 446. The van der Waals surface area contributed by atoms with Gasteiger partial charge in [0.05, 0.1) is 6.54 Å². The zero-order valence-electron chi connectivity index (χ0n) is 13.9. The highest BCUT2D eigenvalue weighted by Crippen LogP contribution is 2.39. The topological polar surface area (TPSA) is 60.9 Å². The first-order valence-corrected chi connectivity index (χ1v) is 8.86. The van der Waals surface area contributed by atoms with E-state index in [1.165, 1.54) is 12.8 Å². The lowest BCUT2D eigenvalue weighted by Gasteiger charge is -2.37. The summed E-state index contributed by atoms with van der Waals surface area (Å²) in [6.07, 6.45) is 8.61. The Balaban J connectivity index is 0.00000192. The molecule has 3 aliphatic rings. The summed E-state index contributed by atoms with van der Waals surface area (Å²) in [5.41, 5.74) is 0. The van der Waals surface area contributed by atoms with E-state index in [1.54, 1.807) is 0 Å². The summed E-state index contributed by atoms with van der Waals surface area (Å²) in [5.74, 6) is -0.153. The van der Waals surface area contributed by atoms with Crippen molar-refractivity contribution in [1.29, 1.82) is 0 Å². The Labute approximate surface area is 144 Å². The van der Waals surface area contributed by atoms with Crippen LogP contribution in [0.15, 0.2) is 0 Å². The van der Waals surface area contributed by atoms with Gasteiger partial charge in [-0.15, -0.1) is 12.4 Å². The van der Waals surface area contributed by atoms with E-state index >= 15 is 0 Å². The van der Waals surface area contributed by atoms with Crippen LogP contribution in [-0.4, -0.2) is 58.0 Å². The number of carbonyl (C=O) groups is 2. The summed E-state index contributed by atoms with van der Waals surface area (Å²) in [4.78, 5) is 28.3. The van der Waals surface area contributed by atoms with Crippen molar-refractivity contribution in [2.24, 2.45) is 5.92 Å². The van der Waals surface area contributed by atoms with Crippen LogP contribution >= 0.6 is 12.4 Å². The number of nitrogens with zero attached hydrogens (tertiary/aromatic N) is 2. The van der Waals surface area contributed by atoms with Crippen molar-refractivity contribution in [3.05, 3.63) is 0 Å². The molecule has 132 valence electrons. The summed E-state index contributed by atoms with van der Waals surface area (Å²) in [5, 5.41) is 9.54. The molecule has 0 aromatic carbocycles. The zero-order valence-corrected chi connectivity index (χ0v) is 14.8. The van der Waals surface area contributed by atoms with Crippen molar-refractivity contribution in [2.75, 3.05) is 13.1 Å². The largest absolute Gasteiger partial charge is 0.480 e. The monoisotopic (exact) mass is 344 g/mol. The number of carboxylic acids is 1. The minimum Gasteiger partial charge on any atom is -0.480 e. The maximum Gasteiger partial charge on any atom is 0.320 e. The van der Waals surface area contributed by atoms with Crippen molar-refractivity contribution < 1.29 is 14.7 Å². The number of aliphatic carboxylic acids is 1. The van der Waals surface area contributed by atoms with Crippen LogP contribution < -0.4 is 0 Å². The van der Waals surface area contributed by atoms with Crippen LogP contribution in [0, 0.1) is 5.92 Å². The van der Waals surface area contributed by atoms with E-state index in [-0.39, 0.29) is 18.3 Å². The number of hydrogen-bond donors (Lipinski definition) is 1. The second-order valence-electron chi connectivity index (χ2n) is 7.31. The van der Waals surface area contributed by atoms with Gasteiger partial charge in [-0.25, -0.2) is 0 Å². The fourth-order valence-corrected chi connectivity index (χ4v) is 4.74. The predicted octanol–water partition coefficient (Wildman–Crippen LogP) is 2.53. The first kappa shape index (κ1) is 18.5. The number of rotatable bonds is 3. The molecule has 23 heavy (non-hydrogen) atoms. The van der Waals surface area contributed by atoms with E-state index in [2.05, 4.69) is 6.92 Å². The van der Waals surface area contributed by atoms with E-state index in [0.717, 1.165) is 45.1 Å². The molecule has 2 aliphatic heterocycles. The molecule has 0 aromatic heterocycles. The van der Waals surface area contributed by atoms with Crippen molar-refractivity contribution >= 4 is 24.3 Å². The molecule has 1 N–H and O–H groups in total. The molecule has 2 heterocycles. The van der Waals surface area contributed by atoms with Crippen LogP contribution in [-0.2, 0) is 9.59 Å². The number of fused-ring (bicyclic) bond motifs is 1. The molecule has 0 bridgehead atoms. The van der Waals surface area contributed by atoms with Gasteiger partial charge in [0.2, 0.25) is 5.91 Å². The van der Waals surface area contributed by atoms with E-state index < -0.39 is 12.0 Å². The molecule has 1 amide bonds. The third kappa shape index (κ3) is 3.82. The second-order valence-corrected chi connectivity index (χ2v) is 7.31. The Morgan fingerprint density at radius 2 is 1.78 bits per heavy atom. The highest BCUT2D eigenvalue weighted by molar-refractivity contribution is 5.85. The van der Waals surface area contributed by atoms with Gasteiger partial charge in [0.1, 0.15) is 6.04 Å². The number of halogens is 1. The first-order chi connectivity index (χ1) is 10.6. The van der Waals surface area contributed by atoms with Gasteiger partial charge in [-0.3, -0.25) is 14.5 Å². The number of carbonyl (C=O) groups excluding carboxylic acids is 1. The first-order valence-electron chi connectivity index (χ1n) is 8.86. The second kappa shape index (κ2) is 7.84. The zero-order chi connectivity index (χ0) is 15.7. The van der Waals surface area contributed by atoms with Crippen LogP contribution in [0.25, 0.3) is 0 Å². The molecule has 0 spiro atoms. The van der Waals surface area contributed by atoms with E-state index in [0.29, 0.717) is 24.5 Å².